The van der Waals surface area contributed by atoms with Gasteiger partial charge >= 0.3 is 11.9 Å². The highest BCUT2D eigenvalue weighted by Crippen LogP contribution is 2.15. The Morgan fingerprint density at radius 1 is 0.656 bits per heavy atom. The molecule has 0 aromatic rings. The molecule has 0 atom stereocenters. The van der Waals surface area contributed by atoms with Gasteiger partial charge in [-0.2, -0.15) is 0 Å². The molecule has 0 amide bonds. The van der Waals surface area contributed by atoms with Gasteiger partial charge in [0.25, 0.3) is 0 Å². The van der Waals surface area contributed by atoms with Crippen molar-refractivity contribution in [3.8, 4) is 0 Å². The number of unbranched alkanes of at least 4 members (excludes halogenated alkanes) is 17. The molecule has 0 radical (unpaired) electrons. The number of ether oxygens (including phenoxy) is 1. The van der Waals surface area contributed by atoms with Gasteiger partial charge in [0, 0.05) is 11.1 Å². The lowest BCUT2D eigenvalue weighted by Gasteiger charge is -2.04. The molecule has 0 saturated heterocycles. The summed E-state index contributed by atoms with van der Waals surface area (Å²) in [6, 6.07) is 0. The van der Waals surface area contributed by atoms with Crippen molar-refractivity contribution in [2.75, 3.05) is 7.11 Å². The highest BCUT2D eigenvalue weighted by atomic mass is 16.5. The smallest absolute Gasteiger partial charge is 0.333 e. The number of carbonyl (C=O) groups excluding carboxylic acids is 1. The van der Waals surface area contributed by atoms with Crippen LogP contribution in [0.25, 0.3) is 0 Å². The molecule has 4 heteroatoms. The van der Waals surface area contributed by atoms with Crippen LogP contribution in [-0.2, 0) is 14.3 Å². The van der Waals surface area contributed by atoms with E-state index in [0.717, 1.165) is 12.8 Å². The summed E-state index contributed by atoms with van der Waals surface area (Å²) in [6.45, 7) is 10.7. The number of methoxy groups -OCH3 is 1. The van der Waals surface area contributed by atoms with Gasteiger partial charge < -0.3 is 9.84 Å². The Bertz CT molecular complexity index is 470. The van der Waals surface area contributed by atoms with Crippen LogP contribution in [0.2, 0.25) is 0 Å². The lowest BCUT2D eigenvalue weighted by atomic mass is 10.0. The van der Waals surface area contributed by atoms with Gasteiger partial charge in [0.1, 0.15) is 0 Å². The molecule has 32 heavy (non-hydrogen) atoms. The van der Waals surface area contributed by atoms with Gasteiger partial charge in [-0.1, -0.05) is 129 Å². The van der Waals surface area contributed by atoms with E-state index in [1.54, 1.807) is 0 Å². The van der Waals surface area contributed by atoms with E-state index in [1.807, 2.05) is 0 Å². The zero-order valence-electron chi connectivity index (χ0n) is 21.5. The summed E-state index contributed by atoms with van der Waals surface area (Å²) in [4.78, 5) is 20.8. The monoisotopic (exact) mass is 452 g/mol. The van der Waals surface area contributed by atoms with Crippen LogP contribution in [0.5, 0.6) is 0 Å². The number of hydrogen-bond donors (Lipinski definition) is 1. The number of carbonyl (C=O) groups is 2. The zero-order valence-corrected chi connectivity index (χ0v) is 21.5. The van der Waals surface area contributed by atoms with E-state index in [9.17, 15) is 9.59 Å². The minimum Gasteiger partial charge on any atom is -0.478 e. The summed E-state index contributed by atoms with van der Waals surface area (Å²) in [6.07, 6.45) is 25.6. The van der Waals surface area contributed by atoms with Crippen LogP contribution in [0.15, 0.2) is 24.3 Å². The molecule has 0 aliphatic rings. The third-order valence-electron chi connectivity index (χ3n) is 5.67. The van der Waals surface area contributed by atoms with Gasteiger partial charge in [0.05, 0.1) is 7.11 Å². The van der Waals surface area contributed by atoms with Gasteiger partial charge in [0.15, 0.2) is 0 Å². The number of aliphatic carboxylic acids is 1. The first-order valence-corrected chi connectivity index (χ1v) is 13.0. The van der Waals surface area contributed by atoms with E-state index < -0.39 is 5.97 Å². The predicted molar refractivity (Wildman–Crippen MR) is 137 cm³/mol. The topological polar surface area (TPSA) is 63.6 Å². The van der Waals surface area contributed by atoms with E-state index >= 15 is 0 Å². The normalized spacial score (nSPS) is 10.2. The van der Waals surface area contributed by atoms with Crippen LogP contribution < -0.4 is 0 Å². The van der Waals surface area contributed by atoms with Gasteiger partial charge in [-0.3, -0.25) is 0 Å². The Morgan fingerprint density at radius 2 is 0.938 bits per heavy atom. The van der Waals surface area contributed by atoms with E-state index in [-0.39, 0.29) is 11.5 Å². The molecule has 0 aromatic carbocycles. The molecule has 0 saturated carbocycles. The summed E-state index contributed by atoms with van der Waals surface area (Å²) >= 11 is 0. The number of carboxylic acids is 1. The minimum atomic E-state index is -0.935. The first-order valence-electron chi connectivity index (χ1n) is 13.0. The average molecular weight is 453 g/mol. The van der Waals surface area contributed by atoms with Crippen molar-refractivity contribution in [3.05, 3.63) is 24.3 Å². The maximum atomic E-state index is 11.2. The largest absolute Gasteiger partial charge is 0.478 e. The van der Waals surface area contributed by atoms with Crippen LogP contribution in [0.4, 0.5) is 0 Å². The third-order valence-corrected chi connectivity index (χ3v) is 5.67. The molecule has 0 rings (SSSR count). The van der Waals surface area contributed by atoms with Crippen LogP contribution in [0, 0.1) is 0 Å². The van der Waals surface area contributed by atoms with Gasteiger partial charge in [-0.05, 0) is 19.8 Å². The summed E-state index contributed by atoms with van der Waals surface area (Å²) in [5.74, 6) is -1.19. The first-order chi connectivity index (χ1) is 15.4. The molecule has 0 aromatic heterocycles. The second kappa shape index (κ2) is 25.7. The fraction of sp³-hybridized carbons (Fsp3) is 0.786. The first kappa shape index (κ1) is 32.6. The molecule has 0 unspecified atom stereocenters. The minimum absolute atomic E-state index is 0.176. The summed E-state index contributed by atoms with van der Waals surface area (Å²) in [5, 5.41) is 7.89. The quantitative estimate of drug-likeness (QED) is 0.107. The van der Waals surface area contributed by atoms with Gasteiger partial charge in [-0.25, -0.2) is 9.59 Å². The Morgan fingerprint density at radius 3 is 1.19 bits per heavy atom. The van der Waals surface area contributed by atoms with Gasteiger partial charge in [-0.15, -0.1) is 0 Å². The Hall–Kier alpha value is -1.58. The Labute approximate surface area is 198 Å². The van der Waals surface area contributed by atoms with E-state index in [0.29, 0.717) is 5.57 Å². The molecule has 0 bridgehead atoms. The van der Waals surface area contributed by atoms with Crippen molar-refractivity contribution in [2.45, 2.75) is 136 Å². The fourth-order valence-corrected chi connectivity index (χ4v) is 3.49. The maximum Gasteiger partial charge on any atom is 0.333 e. The van der Waals surface area contributed by atoms with Crippen molar-refractivity contribution >= 4 is 11.9 Å². The summed E-state index contributed by atoms with van der Waals surface area (Å²) < 4.78 is 4.66. The fourth-order valence-electron chi connectivity index (χ4n) is 3.49. The second-order valence-electron chi connectivity index (χ2n) is 8.94. The molecule has 0 aliphatic heterocycles. The van der Waals surface area contributed by atoms with Crippen molar-refractivity contribution in [1.82, 2.24) is 0 Å². The maximum absolute atomic E-state index is 11.2. The van der Waals surface area contributed by atoms with Crippen molar-refractivity contribution in [2.24, 2.45) is 0 Å². The lowest BCUT2D eigenvalue weighted by molar-refractivity contribution is -0.136. The van der Waals surface area contributed by atoms with Crippen LogP contribution in [0.1, 0.15) is 136 Å². The van der Waals surface area contributed by atoms with E-state index in [4.69, 9.17) is 5.11 Å². The summed E-state index contributed by atoms with van der Waals surface area (Å²) in [5.41, 5.74) is 0.791. The Balaban J connectivity index is 0. The standard InChI is InChI=1S/C24H46O2.C4H6O2/c1-4-5-6-7-8-9-10-11-12-13-14-15-16-17-18-19-20-21-22-23(2)24(25)26-3;1-3(2)4(5)6/h2,4-22H2,1,3H3;1H2,2H3,(H,5,6). The Kier molecular flexibility index (Phi) is 26.2. The van der Waals surface area contributed by atoms with Crippen molar-refractivity contribution in [1.29, 1.82) is 0 Å². The molecule has 4 nitrogen and oxygen atoms in total. The van der Waals surface area contributed by atoms with E-state index in [2.05, 4.69) is 24.8 Å². The molecule has 0 fully saturated rings. The highest BCUT2D eigenvalue weighted by Gasteiger charge is 2.05. The number of rotatable bonds is 21. The molecular formula is C28H52O4. The summed E-state index contributed by atoms with van der Waals surface area (Å²) in [7, 11) is 1.42. The predicted octanol–water partition coefficient (Wildman–Crippen LogP) is 8.79. The van der Waals surface area contributed by atoms with Crippen LogP contribution in [0.3, 0.4) is 0 Å². The van der Waals surface area contributed by atoms with Crippen molar-refractivity contribution < 1.29 is 19.4 Å². The molecule has 1 N–H and O–H groups in total. The SMILES string of the molecule is C=C(C)C(=O)O.C=C(CCCCCCCCCCCCCCCCCCCC)C(=O)OC. The number of esters is 1. The molecular weight excluding hydrogens is 400 g/mol. The average Bonchev–Trinajstić information content (AvgIpc) is 2.77. The van der Waals surface area contributed by atoms with Crippen LogP contribution in [-0.4, -0.2) is 24.2 Å². The third kappa shape index (κ3) is 26.5. The second-order valence-corrected chi connectivity index (χ2v) is 8.94. The van der Waals surface area contributed by atoms with E-state index in [1.165, 1.54) is 123 Å². The van der Waals surface area contributed by atoms with Crippen molar-refractivity contribution in [3.63, 3.8) is 0 Å². The molecule has 0 aliphatic carbocycles. The number of hydrogen-bond acceptors (Lipinski definition) is 3. The molecule has 0 spiro atoms. The zero-order chi connectivity index (χ0) is 24.5. The lowest BCUT2D eigenvalue weighted by Crippen LogP contribution is -2.03. The molecule has 0 heterocycles. The molecule has 188 valence electrons. The van der Waals surface area contributed by atoms with Crippen LogP contribution >= 0.6 is 0 Å². The highest BCUT2D eigenvalue weighted by molar-refractivity contribution is 5.87. The van der Waals surface area contributed by atoms with Gasteiger partial charge in [0.2, 0.25) is 0 Å². The number of carboxylic acid groups (broad SMARTS) is 1.